The first-order chi connectivity index (χ1) is 8.13. The van der Waals surface area contributed by atoms with Gasteiger partial charge in [0.1, 0.15) is 5.75 Å². The smallest absolute Gasteiger partial charge is 0.303 e. The second kappa shape index (κ2) is 4.75. The van der Waals surface area contributed by atoms with Crippen LogP contribution in [0.2, 0.25) is 0 Å². The Balaban J connectivity index is 2.28. The number of aliphatic carboxylic acids is 1. The lowest BCUT2D eigenvalue weighted by atomic mass is 9.93. The number of methoxy groups -OCH3 is 1. The number of carboxylic acids is 1. The molecule has 17 heavy (non-hydrogen) atoms. The second-order valence-electron chi connectivity index (χ2n) is 4.44. The fourth-order valence-corrected chi connectivity index (χ4v) is 2.61. The van der Waals surface area contributed by atoms with Crippen molar-refractivity contribution in [1.29, 1.82) is 0 Å². The quantitative estimate of drug-likeness (QED) is 0.830. The molecule has 2 rings (SSSR count). The molecule has 0 amide bonds. The Bertz CT molecular complexity index is 431. The predicted octanol–water partition coefficient (Wildman–Crippen LogP) is 1.53. The van der Waals surface area contributed by atoms with Crippen molar-refractivity contribution < 1.29 is 14.6 Å². The number of hydrogen-bond donors (Lipinski definition) is 2. The number of nitrogens with two attached hydrogens (primary N) is 1. The van der Waals surface area contributed by atoms with Gasteiger partial charge in [-0.3, -0.25) is 4.79 Å². The lowest BCUT2D eigenvalue weighted by Crippen LogP contribution is -2.25. The fourth-order valence-electron chi connectivity index (χ4n) is 2.61. The summed E-state index contributed by atoms with van der Waals surface area (Å²) >= 11 is 0. The summed E-state index contributed by atoms with van der Waals surface area (Å²) in [7, 11) is 1.63. The van der Waals surface area contributed by atoms with Crippen LogP contribution in [0.5, 0.6) is 5.75 Å². The van der Waals surface area contributed by atoms with Gasteiger partial charge in [-0.05, 0) is 24.5 Å². The zero-order valence-corrected chi connectivity index (χ0v) is 9.85. The average Bonchev–Trinajstić information content (AvgIpc) is 2.61. The third-order valence-electron chi connectivity index (χ3n) is 3.39. The molecule has 2 unspecified atom stereocenters. The van der Waals surface area contributed by atoms with Crippen LogP contribution in [0.25, 0.3) is 0 Å². The molecule has 92 valence electrons. The van der Waals surface area contributed by atoms with Crippen LogP contribution in [0.4, 0.5) is 0 Å². The fraction of sp³-hybridized carbons (Fsp3) is 0.462. The van der Waals surface area contributed by atoms with E-state index in [0.29, 0.717) is 6.42 Å². The van der Waals surface area contributed by atoms with Crippen molar-refractivity contribution in [3.05, 3.63) is 29.3 Å². The molecule has 4 heteroatoms. The third kappa shape index (κ3) is 2.26. The molecule has 0 heterocycles. The van der Waals surface area contributed by atoms with Crippen molar-refractivity contribution in [1.82, 2.24) is 0 Å². The van der Waals surface area contributed by atoms with Crippen molar-refractivity contribution in [2.45, 2.75) is 31.2 Å². The van der Waals surface area contributed by atoms with Crippen LogP contribution in [0, 0.1) is 0 Å². The van der Waals surface area contributed by atoms with Gasteiger partial charge in [-0.2, -0.15) is 0 Å². The normalized spacial score (nSPS) is 22.2. The molecule has 0 radical (unpaired) electrons. The maximum atomic E-state index is 10.7. The number of hydrogen-bond acceptors (Lipinski definition) is 3. The first-order valence-electron chi connectivity index (χ1n) is 5.76. The number of benzene rings is 1. The minimum Gasteiger partial charge on any atom is -0.496 e. The Morgan fingerprint density at radius 3 is 3.00 bits per heavy atom. The Morgan fingerprint density at radius 1 is 1.59 bits per heavy atom. The van der Waals surface area contributed by atoms with Crippen molar-refractivity contribution >= 4 is 5.97 Å². The first-order valence-corrected chi connectivity index (χ1v) is 5.76. The van der Waals surface area contributed by atoms with E-state index in [1.807, 2.05) is 18.2 Å². The molecule has 0 fully saturated rings. The second-order valence-corrected chi connectivity index (χ2v) is 4.44. The molecule has 0 aliphatic heterocycles. The van der Waals surface area contributed by atoms with Gasteiger partial charge in [0, 0.05) is 23.9 Å². The van der Waals surface area contributed by atoms with Crippen molar-refractivity contribution in [2.75, 3.05) is 7.11 Å². The Labute approximate surface area is 100 Å². The zero-order chi connectivity index (χ0) is 12.4. The first kappa shape index (κ1) is 11.9. The molecule has 1 aliphatic carbocycles. The predicted molar refractivity (Wildman–Crippen MR) is 64.3 cm³/mol. The van der Waals surface area contributed by atoms with E-state index >= 15 is 0 Å². The van der Waals surface area contributed by atoms with E-state index in [2.05, 4.69) is 0 Å². The van der Waals surface area contributed by atoms with Gasteiger partial charge in [0.15, 0.2) is 0 Å². The van der Waals surface area contributed by atoms with Gasteiger partial charge >= 0.3 is 5.97 Å². The molecule has 0 saturated carbocycles. The van der Waals surface area contributed by atoms with Crippen LogP contribution in [-0.2, 0) is 11.2 Å². The Hall–Kier alpha value is -1.55. The largest absolute Gasteiger partial charge is 0.496 e. The summed E-state index contributed by atoms with van der Waals surface area (Å²) in [6.45, 7) is 0. The van der Waals surface area contributed by atoms with Crippen molar-refractivity contribution in [3.8, 4) is 5.75 Å². The topological polar surface area (TPSA) is 72.5 Å². The summed E-state index contributed by atoms with van der Waals surface area (Å²) in [5, 5.41) is 8.76. The third-order valence-corrected chi connectivity index (χ3v) is 3.39. The van der Waals surface area contributed by atoms with Gasteiger partial charge in [-0.15, -0.1) is 0 Å². The minimum absolute atomic E-state index is 0.000602. The van der Waals surface area contributed by atoms with Gasteiger partial charge < -0.3 is 15.6 Å². The highest BCUT2D eigenvalue weighted by Gasteiger charge is 2.32. The van der Waals surface area contributed by atoms with E-state index in [1.54, 1.807) is 7.11 Å². The number of ether oxygens (including phenoxy) is 1. The number of fused-ring (bicyclic) bond motifs is 1. The molecular weight excluding hydrogens is 218 g/mol. The molecule has 0 aromatic heterocycles. The van der Waals surface area contributed by atoms with Crippen LogP contribution in [-0.4, -0.2) is 24.2 Å². The monoisotopic (exact) mass is 235 g/mol. The maximum Gasteiger partial charge on any atom is 0.303 e. The average molecular weight is 235 g/mol. The van der Waals surface area contributed by atoms with E-state index in [0.717, 1.165) is 17.7 Å². The molecule has 3 N–H and O–H groups in total. The SMILES string of the molecule is COc1cccc2c1C(CCC(=O)O)C(N)C2. The summed E-state index contributed by atoms with van der Waals surface area (Å²) in [5.74, 6) is 0.142. The van der Waals surface area contributed by atoms with Crippen LogP contribution in [0.15, 0.2) is 18.2 Å². The molecule has 1 aliphatic rings. The van der Waals surface area contributed by atoms with Crippen molar-refractivity contribution in [3.63, 3.8) is 0 Å². The number of rotatable bonds is 4. The van der Waals surface area contributed by atoms with Crippen LogP contribution in [0.1, 0.15) is 29.9 Å². The molecule has 2 atom stereocenters. The van der Waals surface area contributed by atoms with E-state index in [9.17, 15) is 4.79 Å². The summed E-state index contributed by atoms with van der Waals surface area (Å²) in [4.78, 5) is 10.7. The van der Waals surface area contributed by atoms with Gasteiger partial charge in [-0.25, -0.2) is 0 Å². The molecule has 4 nitrogen and oxygen atoms in total. The van der Waals surface area contributed by atoms with E-state index in [1.165, 1.54) is 5.56 Å². The van der Waals surface area contributed by atoms with E-state index in [4.69, 9.17) is 15.6 Å². The standard InChI is InChI=1S/C13H17NO3/c1-17-11-4-2-3-8-7-10(14)9(13(8)11)5-6-12(15)16/h2-4,9-10H,5-7,14H2,1H3,(H,15,16). The van der Waals surface area contributed by atoms with Crippen LogP contribution < -0.4 is 10.5 Å². The zero-order valence-electron chi connectivity index (χ0n) is 9.85. The van der Waals surface area contributed by atoms with Crippen LogP contribution in [0.3, 0.4) is 0 Å². The number of carboxylic acid groups (broad SMARTS) is 1. The molecule has 1 aromatic rings. The highest BCUT2D eigenvalue weighted by molar-refractivity contribution is 5.67. The molecule has 0 bridgehead atoms. The molecule has 0 spiro atoms. The van der Waals surface area contributed by atoms with Crippen LogP contribution >= 0.6 is 0 Å². The summed E-state index contributed by atoms with van der Waals surface area (Å²) in [6.07, 6.45) is 1.52. The maximum absolute atomic E-state index is 10.7. The highest BCUT2D eigenvalue weighted by Crippen LogP contribution is 2.41. The summed E-state index contributed by atoms with van der Waals surface area (Å²) in [5.41, 5.74) is 8.38. The van der Waals surface area contributed by atoms with Gasteiger partial charge in [0.25, 0.3) is 0 Å². The van der Waals surface area contributed by atoms with Crippen molar-refractivity contribution in [2.24, 2.45) is 5.73 Å². The Morgan fingerprint density at radius 2 is 2.35 bits per heavy atom. The van der Waals surface area contributed by atoms with E-state index in [-0.39, 0.29) is 18.4 Å². The lowest BCUT2D eigenvalue weighted by molar-refractivity contribution is -0.137. The number of carbonyl (C=O) groups is 1. The summed E-state index contributed by atoms with van der Waals surface area (Å²) < 4.78 is 5.34. The minimum atomic E-state index is -0.777. The van der Waals surface area contributed by atoms with Gasteiger partial charge in [0.2, 0.25) is 0 Å². The van der Waals surface area contributed by atoms with E-state index < -0.39 is 5.97 Å². The molecular formula is C13H17NO3. The summed E-state index contributed by atoms with van der Waals surface area (Å²) in [6, 6.07) is 5.90. The molecule has 0 saturated heterocycles. The van der Waals surface area contributed by atoms with Gasteiger partial charge in [0.05, 0.1) is 7.11 Å². The molecule has 1 aromatic carbocycles. The highest BCUT2D eigenvalue weighted by atomic mass is 16.5. The van der Waals surface area contributed by atoms with Gasteiger partial charge in [-0.1, -0.05) is 12.1 Å². The lowest BCUT2D eigenvalue weighted by Gasteiger charge is -2.17. The Kier molecular flexibility index (Phi) is 3.33.